The van der Waals surface area contributed by atoms with Gasteiger partial charge in [-0.15, -0.1) is 0 Å². The number of hydrogen-bond acceptors (Lipinski definition) is 15. The highest BCUT2D eigenvalue weighted by Crippen LogP contribution is 2.24. The van der Waals surface area contributed by atoms with Gasteiger partial charge < -0.3 is 50.2 Å². The Balaban J connectivity index is 0.949. The Morgan fingerprint density at radius 1 is 0.899 bits per heavy atom. The summed E-state index contributed by atoms with van der Waals surface area (Å²) in [5.41, 5.74) is 4.01. The second-order valence-corrected chi connectivity index (χ2v) is 16.9. The normalized spacial score (nSPS) is 14.7. The van der Waals surface area contributed by atoms with Gasteiger partial charge in [0.05, 0.1) is 83.9 Å². The van der Waals surface area contributed by atoms with Gasteiger partial charge in [-0.05, 0) is 73.9 Å². The molecule has 0 saturated carbocycles. The Bertz CT molecular complexity index is 2170. The van der Waals surface area contributed by atoms with Gasteiger partial charge in [-0.25, -0.2) is 9.97 Å². The number of ketones is 2. The van der Waals surface area contributed by atoms with E-state index in [-0.39, 0.29) is 61.5 Å². The molecule has 1 saturated heterocycles. The van der Waals surface area contributed by atoms with E-state index in [0.29, 0.717) is 109 Å². The van der Waals surface area contributed by atoms with Gasteiger partial charge in [0.1, 0.15) is 17.4 Å². The molecule has 5 rings (SSSR count). The summed E-state index contributed by atoms with van der Waals surface area (Å²) in [6.07, 6.45) is 5.09. The molecule has 5 N–H and O–H groups in total. The van der Waals surface area contributed by atoms with Crippen LogP contribution in [-0.2, 0) is 67.2 Å². The van der Waals surface area contributed by atoms with Crippen LogP contribution in [0.2, 0.25) is 0 Å². The molecule has 2 aromatic heterocycles. The van der Waals surface area contributed by atoms with Crippen LogP contribution in [0.5, 0.6) is 5.88 Å². The average molecular weight is 959 g/mol. The average Bonchev–Trinajstić information content (AvgIpc) is 3.68. The number of aliphatic carboxylic acids is 1. The topological polar surface area (TPSA) is 257 Å². The van der Waals surface area contributed by atoms with Crippen molar-refractivity contribution in [1.29, 1.82) is 0 Å². The van der Waals surface area contributed by atoms with Gasteiger partial charge in [0.2, 0.25) is 29.5 Å². The van der Waals surface area contributed by atoms with Crippen molar-refractivity contribution in [3.8, 4) is 5.88 Å². The lowest BCUT2D eigenvalue weighted by Gasteiger charge is -2.28. The van der Waals surface area contributed by atoms with Crippen molar-refractivity contribution in [3.05, 3.63) is 77.1 Å². The Morgan fingerprint density at radius 2 is 1.64 bits per heavy atom. The minimum Gasteiger partial charge on any atom is -0.481 e. The summed E-state index contributed by atoms with van der Waals surface area (Å²) < 4.78 is 22.2. The monoisotopic (exact) mass is 958 g/mol. The van der Waals surface area contributed by atoms with Gasteiger partial charge in [0.25, 0.3) is 0 Å². The maximum Gasteiger partial charge on any atom is 0.305 e. The molecule has 1 aromatic carbocycles. The molecule has 20 heteroatoms. The second kappa shape index (κ2) is 28.9. The summed E-state index contributed by atoms with van der Waals surface area (Å²) >= 11 is 0. The van der Waals surface area contributed by atoms with Crippen LogP contribution in [0, 0.1) is 0 Å². The number of hydrogen-bond donors (Lipinski definition) is 5. The molecule has 20 nitrogen and oxygen atoms in total. The number of benzene rings is 1. The smallest absolute Gasteiger partial charge is 0.305 e. The number of fused-ring (bicyclic) bond motifs is 1. The van der Waals surface area contributed by atoms with E-state index in [2.05, 4.69) is 32.3 Å². The van der Waals surface area contributed by atoms with Crippen molar-refractivity contribution >= 4 is 52.7 Å². The third-order valence-corrected chi connectivity index (χ3v) is 11.5. The summed E-state index contributed by atoms with van der Waals surface area (Å²) in [6, 6.07) is 13.1. The Kier molecular flexibility index (Phi) is 22.4. The highest BCUT2D eigenvalue weighted by Gasteiger charge is 2.37. The quantitative estimate of drug-likeness (QED) is 0.0445. The number of ether oxygens (including phenoxy) is 4. The number of nitrogens with zero attached hydrogens (tertiary/aromatic N) is 4. The zero-order valence-corrected chi connectivity index (χ0v) is 39.6. The fourth-order valence-electron chi connectivity index (χ4n) is 7.90. The minimum atomic E-state index is -1.10. The number of pyridine rings is 2. The fourth-order valence-corrected chi connectivity index (χ4v) is 7.90. The Hall–Kier alpha value is -6.35. The summed E-state index contributed by atoms with van der Waals surface area (Å²) in [6.45, 7) is 5.39. The van der Waals surface area contributed by atoms with E-state index in [1.807, 2.05) is 23.1 Å². The lowest BCUT2D eigenvalue weighted by atomic mass is 10.0. The van der Waals surface area contributed by atoms with E-state index in [1.54, 1.807) is 24.3 Å². The van der Waals surface area contributed by atoms with Crippen molar-refractivity contribution in [1.82, 2.24) is 30.4 Å². The summed E-state index contributed by atoms with van der Waals surface area (Å²) in [4.78, 5) is 98.7. The Morgan fingerprint density at radius 3 is 2.35 bits per heavy atom. The van der Waals surface area contributed by atoms with Crippen LogP contribution in [-0.4, -0.2) is 152 Å². The second-order valence-electron chi connectivity index (χ2n) is 16.9. The fraction of sp³-hybridized carbons (Fsp3) is 0.531. The van der Waals surface area contributed by atoms with Crippen LogP contribution in [0.3, 0.4) is 0 Å². The maximum absolute atomic E-state index is 13.8. The molecular formula is C49H66N8O12. The van der Waals surface area contributed by atoms with Gasteiger partial charge in [0, 0.05) is 69.9 Å². The molecule has 2 atom stereocenters. The molecule has 4 amide bonds. The number of aromatic nitrogens is 2. The highest BCUT2D eigenvalue weighted by molar-refractivity contribution is 5.98. The van der Waals surface area contributed by atoms with Gasteiger partial charge in [0.15, 0.2) is 0 Å². The molecular weight excluding hydrogens is 893 g/mol. The predicted octanol–water partition coefficient (Wildman–Crippen LogP) is 3.03. The van der Waals surface area contributed by atoms with Crippen LogP contribution in [0.4, 0.5) is 11.5 Å². The van der Waals surface area contributed by atoms with E-state index in [9.17, 15) is 38.7 Å². The zero-order chi connectivity index (χ0) is 49.4. The number of anilines is 2. The summed E-state index contributed by atoms with van der Waals surface area (Å²) in [5.74, 6) is -1.20. The molecule has 2 aliphatic heterocycles. The molecule has 3 aromatic rings. The number of rotatable bonds is 32. The SMILES string of the molecule is COc1ccc(C(CC(=O)O)NC(=O)CN2CC[C@H](N(CCOCCOCCOCCNC(=O)CCCC(=O)Nc3ccc(CCC(=O)CC(C)=O)cc3)Cc3ccc4c(n3)NCCC4)C2=O)cn1. The molecule has 4 heterocycles. The molecule has 0 bridgehead atoms. The number of carboxylic acid groups (broad SMARTS) is 1. The van der Waals surface area contributed by atoms with Gasteiger partial charge in [-0.1, -0.05) is 24.3 Å². The van der Waals surface area contributed by atoms with E-state index in [0.717, 1.165) is 42.0 Å². The molecule has 0 spiro atoms. The van der Waals surface area contributed by atoms with Crippen molar-refractivity contribution < 1.29 is 57.6 Å². The van der Waals surface area contributed by atoms with Gasteiger partial charge in [-0.3, -0.25) is 38.5 Å². The first-order valence-corrected chi connectivity index (χ1v) is 23.5. The number of aryl methyl sites for hydroxylation is 2. The number of amides is 4. The summed E-state index contributed by atoms with van der Waals surface area (Å²) in [7, 11) is 1.47. The van der Waals surface area contributed by atoms with Crippen LogP contribution in [0.1, 0.15) is 86.7 Å². The number of Topliss-reactive ketones (excluding diaryl/α,β-unsaturated/α-hetero) is 2. The predicted molar refractivity (Wildman–Crippen MR) is 253 cm³/mol. The molecule has 0 aliphatic carbocycles. The van der Waals surface area contributed by atoms with Gasteiger partial charge >= 0.3 is 5.97 Å². The third kappa shape index (κ3) is 19.3. The first-order valence-electron chi connectivity index (χ1n) is 23.5. The number of likely N-dealkylation sites (tertiary alicyclic amines) is 1. The molecule has 1 unspecified atom stereocenters. The van der Waals surface area contributed by atoms with E-state index in [1.165, 1.54) is 25.1 Å². The minimum absolute atomic E-state index is 0.0511. The largest absolute Gasteiger partial charge is 0.481 e. The number of nitrogens with one attached hydrogen (secondary N) is 4. The molecule has 374 valence electrons. The van der Waals surface area contributed by atoms with Crippen molar-refractivity contribution in [2.45, 2.75) is 89.8 Å². The third-order valence-electron chi connectivity index (χ3n) is 11.5. The standard InChI is InChI=1S/C49H66N8O12/c1-34(58)29-40(59)16-10-35-8-13-38(14-9-35)53-44(61)7-3-6-43(60)50-20-23-67-25-27-69-28-26-68-24-22-56(32-39-15-11-36-5-4-19-51-48(36)54-39)42-18-21-57(49(42)65)33-45(62)55-41(30-47(63)64)37-12-17-46(66-2)52-31-37/h8-9,11-15,17,31,41-42H,3-7,10,16,18-30,32-33H2,1-2H3,(H,50,60)(H,51,54)(H,53,61)(H,55,62)(H,63,64)/t41?,42-/m0/s1. The number of carbonyl (C=O) groups excluding carboxylic acids is 6. The van der Waals surface area contributed by atoms with Crippen LogP contribution in [0.15, 0.2) is 54.7 Å². The molecule has 69 heavy (non-hydrogen) atoms. The maximum atomic E-state index is 13.8. The number of methoxy groups -OCH3 is 1. The first kappa shape index (κ1) is 53.6. The van der Waals surface area contributed by atoms with Crippen LogP contribution in [0.25, 0.3) is 0 Å². The highest BCUT2D eigenvalue weighted by atomic mass is 16.5. The number of carbonyl (C=O) groups is 7. The van der Waals surface area contributed by atoms with Crippen LogP contribution >= 0.6 is 0 Å². The lowest BCUT2D eigenvalue weighted by molar-refractivity contribution is -0.139. The van der Waals surface area contributed by atoms with E-state index >= 15 is 0 Å². The molecule has 2 aliphatic rings. The van der Waals surface area contributed by atoms with E-state index in [4.69, 9.17) is 23.9 Å². The number of carboxylic acids is 1. The van der Waals surface area contributed by atoms with Gasteiger partial charge in [-0.2, -0.15) is 0 Å². The first-order chi connectivity index (χ1) is 33.4. The lowest BCUT2D eigenvalue weighted by Crippen LogP contribution is -2.46. The molecule has 0 radical (unpaired) electrons. The zero-order valence-electron chi connectivity index (χ0n) is 39.6. The summed E-state index contributed by atoms with van der Waals surface area (Å²) in [5, 5.41) is 21.2. The van der Waals surface area contributed by atoms with Crippen molar-refractivity contribution in [2.75, 3.05) is 90.1 Å². The van der Waals surface area contributed by atoms with E-state index < -0.39 is 24.0 Å². The van der Waals surface area contributed by atoms with Crippen LogP contribution < -0.4 is 26.0 Å². The Labute approximate surface area is 402 Å². The van der Waals surface area contributed by atoms with Crippen molar-refractivity contribution in [3.63, 3.8) is 0 Å². The van der Waals surface area contributed by atoms with Crippen molar-refractivity contribution in [2.24, 2.45) is 0 Å². The molecule has 1 fully saturated rings.